The van der Waals surface area contributed by atoms with Gasteiger partial charge in [-0.2, -0.15) is 11.8 Å². The van der Waals surface area contributed by atoms with Gasteiger partial charge < -0.3 is 10.0 Å². The van der Waals surface area contributed by atoms with Gasteiger partial charge in [0, 0.05) is 24.0 Å². The van der Waals surface area contributed by atoms with Crippen LogP contribution in [0.1, 0.15) is 51.4 Å². The molecule has 1 N–H and O–H groups in total. The number of rotatable bonds is 3. The molecule has 5 heteroatoms. The minimum atomic E-state index is -0.790. The fourth-order valence-corrected chi connectivity index (χ4v) is 5.71. The van der Waals surface area contributed by atoms with Crippen LogP contribution in [0.15, 0.2) is 0 Å². The predicted octanol–water partition coefficient (Wildman–Crippen LogP) is 3.01. The lowest BCUT2D eigenvalue weighted by atomic mass is 9.67. The summed E-state index contributed by atoms with van der Waals surface area (Å²) in [5.74, 6) is 2.92. The highest BCUT2D eigenvalue weighted by molar-refractivity contribution is 7.99. The quantitative estimate of drug-likeness (QED) is 0.866. The van der Waals surface area contributed by atoms with E-state index >= 15 is 0 Å². The molecule has 0 spiro atoms. The second-order valence-electron chi connectivity index (χ2n) is 7.17. The van der Waals surface area contributed by atoms with Crippen molar-refractivity contribution in [2.75, 3.05) is 18.1 Å². The Morgan fingerprint density at radius 2 is 1.86 bits per heavy atom. The Bertz CT molecular complexity index is 428. The van der Waals surface area contributed by atoms with E-state index in [1.807, 2.05) is 4.90 Å². The van der Waals surface area contributed by atoms with Crippen LogP contribution in [0, 0.1) is 17.8 Å². The number of amides is 1. The van der Waals surface area contributed by atoms with Gasteiger partial charge in [0.15, 0.2) is 0 Å². The number of carbonyl (C=O) groups excluding carboxylic acids is 1. The molecule has 0 aromatic heterocycles. The monoisotopic (exact) mass is 325 g/mol. The molecule has 4 unspecified atom stereocenters. The van der Waals surface area contributed by atoms with Crippen molar-refractivity contribution >= 4 is 23.6 Å². The number of thioether (sulfide) groups is 1. The fourth-order valence-electron chi connectivity index (χ4n) is 4.65. The van der Waals surface area contributed by atoms with Crippen LogP contribution in [0.2, 0.25) is 0 Å². The molecule has 124 valence electrons. The van der Waals surface area contributed by atoms with Gasteiger partial charge in [-0.1, -0.05) is 25.7 Å². The molecule has 0 aromatic carbocycles. The Labute approximate surface area is 137 Å². The summed E-state index contributed by atoms with van der Waals surface area (Å²) >= 11 is 1.77. The summed E-state index contributed by atoms with van der Waals surface area (Å²) in [4.78, 5) is 25.9. The van der Waals surface area contributed by atoms with Crippen molar-refractivity contribution in [1.82, 2.24) is 4.90 Å². The lowest BCUT2D eigenvalue weighted by molar-refractivity contribution is -0.143. The predicted molar refractivity (Wildman–Crippen MR) is 87.9 cm³/mol. The van der Waals surface area contributed by atoms with Gasteiger partial charge in [-0.15, -0.1) is 0 Å². The van der Waals surface area contributed by atoms with E-state index < -0.39 is 5.97 Å². The maximum Gasteiger partial charge on any atom is 0.305 e. The summed E-state index contributed by atoms with van der Waals surface area (Å²) in [5, 5.41) is 9.08. The first kappa shape index (κ1) is 16.2. The van der Waals surface area contributed by atoms with Crippen LogP contribution in [0.5, 0.6) is 0 Å². The number of hydrogen-bond donors (Lipinski definition) is 1. The molecule has 0 radical (unpaired) electrons. The number of carbonyl (C=O) groups is 2. The van der Waals surface area contributed by atoms with Gasteiger partial charge in [0.2, 0.25) is 5.91 Å². The first-order valence-corrected chi connectivity index (χ1v) is 9.90. The highest BCUT2D eigenvalue weighted by atomic mass is 32.2. The molecule has 1 amide bonds. The third-order valence-corrected chi connectivity index (χ3v) is 6.90. The second-order valence-corrected chi connectivity index (χ2v) is 8.32. The third-order valence-electron chi connectivity index (χ3n) is 5.81. The van der Waals surface area contributed by atoms with Crippen LogP contribution >= 0.6 is 11.8 Å². The summed E-state index contributed by atoms with van der Waals surface area (Å²) in [7, 11) is 0. The highest BCUT2D eigenvalue weighted by Gasteiger charge is 2.38. The maximum atomic E-state index is 12.9. The summed E-state index contributed by atoms with van der Waals surface area (Å²) in [5.41, 5.74) is 0. The molecule has 22 heavy (non-hydrogen) atoms. The van der Waals surface area contributed by atoms with Crippen LogP contribution in [-0.2, 0) is 9.59 Å². The fraction of sp³-hybridized carbons (Fsp3) is 0.882. The Morgan fingerprint density at radius 3 is 2.64 bits per heavy atom. The summed E-state index contributed by atoms with van der Waals surface area (Å²) in [6.07, 6.45) is 8.70. The van der Waals surface area contributed by atoms with Gasteiger partial charge in [0.25, 0.3) is 0 Å². The molecule has 3 aliphatic rings. The zero-order valence-corrected chi connectivity index (χ0v) is 14.0. The molecule has 1 saturated heterocycles. The molecule has 2 saturated carbocycles. The first-order chi connectivity index (χ1) is 10.6. The molecule has 3 rings (SSSR count). The van der Waals surface area contributed by atoms with Gasteiger partial charge >= 0.3 is 5.97 Å². The van der Waals surface area contributed by atoms with E-state index in [1.54, 1.807) is 11.8 Å². The second kappa shape index (κ2) is 7.24. The molecular weight excluding hydrogens is 298 g/mol. The van der Waals surface area contributed by atoms with Crippen molar-refractivity contribution in [2.24, 2.45) is 17.8 Å². The molecule has 0 aromatic rings. The molecule has 3 fully saturated rings. The number of fused-ring (bicyclic) bond motifs is 1. The number of aliphatic carboxylic acids is 1. The molecule has 4 atom stereocenters. The first-order valence-electron chi connectivity index (χ1n) is 8.75. The Morgan fingerprint density at radius 1 is 1.09 bits per heavy atom. The van der Waals surface area contributed by atoms with E-state index in [-0.39, 0.29) is 24.3 Å². The number of carboxylic acid groups (broad SMARTS) is 1. The summed E-state index contributed by atoms with van der Waals surface area (Å²) in [6.45, 7) is 0.728. The van der Waals surface area contributed by atoms with E-state index in [9.17, 15) is 9.59 Å². The smallest absolute Gasteiger partial charge is 0.305 e. The highest BCUT2D eigenvalue weighted by Crippen LogP contribution is 2.43. The van der Waals surface area contributed by atoms with E-state index in [0.717, 1.165) is 42.7 Å². The zero-order chi connectivity index (χ0) is 15.5. The minimum absolute atomic E-state index is 0.0948. The van der Waals surface area contributed by atoms with Crippen LogP contribution in [0.4, 0.5) is 0 Å². The van der Waals surface area contributed by atoms with E-state index in [1.165, 1.54) is 32.1 Å². The third kappa shape index (κ3) is 3.61. The molecule has 1 heterocycles. The van der Waals surface area contributed by atoms with E-state index in [2.05, 4.69) is 0 Å². The van der Waals surface area contributed by atoms with Crippen LogP contribution < -0.4 is 0 Å². The largest absolute Gasteiger partial charge is 0.481 e. The van der Waals surface area contributed by atoms with Crippen LogP contribution in [-0.4, -0.2) is 46.0 Å². The van der Waals surface area contributed by atoms with Crippen molar-refractivity contribution in [3.63, 3.8) is 0 Å². The van der Waals surface area contributed by atoms with Crippen molar-refractivity contribution in [3.05, 3.63) is 0 Å². The van der Waals surface area contributed by atoms with Gasteiger partial charge in [0.05, 0.1) is 12.5 Å². The van der Waals surface area contributed by atoms with Crippen LogP contribution in [0.25, 0.3) is 0 Å². The van der Waals surface area contributed by atoms with Crippen LogP contribution in [0.3, 0.4) is 0 Å². The Hall–Kier alpha value is -0.710. The standard InChI is InChI=1S/C17H27NO3S/c19-16(20)10-15-11-22-8-7-18(15)17(21)14-6-5-12-3-1-2-4-13(12)9-14/h12-15H,1-11H2,(H,19,20). The van der Waals surface area contributed by atoms with Crippen molar-refractivity contribution in [2.45, 2.75) is 57.4 Å². The topological polar surface area (TPSA) is 57.6 Å². The van der Waals surface area contributed by atoms with Crippen molar-refractivity contribution in [3.8, 4) is 0 Å². The Balaban J connectivity index is 1.62. The lowest BCUT2D eigenvalue weighted by Gasteiger charge is -2.42. The van der Waals surface area contributed by atoms with E-state index in [0.29, 0.717) is 0 Å². The van der Waals surface area contributed by atoms with Gasteiger partial charge in [0.1, 0.15) is 0 Å². The molecule has 2 aliphatic carbocycles. The molecular formula is C17H27NO3S. The van der Waals surface area contributed by atoms with Crippen molar-refractivity contribution < 1.29 is 14.7 Å². The van der Waals surface area contributed by atoms with E-state index in [4.69, 9.17) is 5.11 Å². The van der Waals surface area contributed by atoms with Gasteiger partial charge in [-0.25, -0.2) is 0 Å². The van der Waals surface area contributed by atoms with Gasteiger partial charge in [-0.05, 0) is 31.1 Å². The average Bonchev–Trinajstić information content (AvgIpc) is 2.54. The molecule has 1 aliphatic heterocycles. The summed E-state index contributed by atoms with van der Waals surface area (Å²) < 4.78 is 0. The SMILES string of the molecule is O=C(O)CC1CSCCN1C(=O)C1CCC2CCCCC2C1. The number of hydrogen-bond acceptors (Lipinski definition) is 3. The molecule has 0 bridgehead atoms. The zero-order valence-electron chi connectivity index (χ0n) is 13.2. The average molecular weight is 325 g/mol. The minimum Gasteiger partial charge on any atom is -0.481 e. The van der Waals surface area contributed by atoms with Crippen molar-refractivity contribution in [1.29, 1.82) is 0 Å². The summed E-state index contributed by atoms with van der Waals surface area (Å²) in [6, 6.07) is -0.104. The van der Waals surface area contributed by atoms with Gasteiger partial charge in [-0.3, -0.25) is 9.59 Å². The normalized spacial score (nSPS) is 35.7. The Kier molecular flexibility index (Phi) is 5.32. The number of nitrogens with zero attached hydrogens (tertiary/aromatic N) is 1. The number of carboxylic acids is 1. The lowest BCUT2D eigenvalue weighted by Crippen LogP contribution is -2.50. The maximum absolute atomic E-state index is 12.9. The molecule has 4 nitrogen and oxygen atoms in total.